The zero-order valence-corrected chi connectivity index (χ0v) is 13.3. The van der Waals surface area contributed by atoms with Gasteiger partial charge in [-0.3, -0.25) is 4.79 Å². The van der Waals surface area contributed by atoms with Gasteiger partial charge in [-0.25, -0.2) is 13.6 Å². The summed E-state index contributed by atoms with van der Waals surface area (Å²) in [5.41, 5.74) is 0.722. The van der Waals surface area contributed by atoms with E-state index in [0.717, 1.165) is 0 Å². The van der Waals surface area contributed by atoms with Gasteiger partial charge in [-0.15, -0.1) is 0 Å². The van der Waals surface area contributed by atoms with Crippen molar-refractivity contribution in [3.63, 3.8) is 0 Å². The van der Waals surface area contributed by atoms with Crippen LogP contribution in [0.2, 0.25) is 0 Å². The maximum Gasteiger partial charge on any atom is 0.319 e. The summed E-state index contributed by atoms with van der Waals surface area (Å²) in [6, 6.07) is 11.0. The van der Waals surface area contributed by atoms with Gasteiger partial charge in [-0.2, -0.15) is 0 Å². The number of hydrogen-bond donors (Lipinski definition) is 2. The number of urea groups is 1. The van der Waals surface area contributed by atoms with Gasteiger partial charge in [0.2, 0.25) is 5.91 Å². The van der Waals surface area contributed by atoms with Crippen LogP contribution in [0.4, 0.5) is 25.0 Å². The van der Waals surface area contributed by atoms with Crippen LogP contribution in [0, 0.1) is 17.6 Å². The number of carbonyl (C=O) groups is 2. The first-order chi connectivity index (χ1) is 12.0. The number of benzene rings is 2. The molecule has 3 rings (SSSR count). The van der Waals surface area contributed by atoms with E-state index in [9.17, 15) is 18.4 Å². The summed E-state index contributed by atoms with van der Waals surface area (Å²) in [7, 11) is 0. The molecular weight excluding hydrogens is 328 g/mol. The normalized spacial score (nSPS) is 16.8. The number of rotatable bonds is 4. The number of halogens is 2. The number of carbonyl (C=O) groups excluding carboxylic acids is 2. The average molecular weight is 345 g/mol. The van der Waals surface area contributed by atoms with Gasteiger partial charge in [0.05, 0.1) is 5.69 Å². The Morgan fingerprint density at radius 3 is 2.56 bits per heavy atom. The van der Waals surface area contributed by atoms with E-state index in [-0.39, 0.29) is 36.3 Å². The first-order valence-electron chi connectivity index (χ1n) is 7.88. The van der Waals surface area contributed by atoms with Gasteiger partial charge in [0.15, 0.2) is 0 Å². The zero-order valence-electron chi connectivity index (χ0n) is 13.3. The summed E-state index contributed by atoms with van der Waals surface area (Å²) in [5.74, 6) is -1.02. The lowest BCUT2D eigenvalue weighted by Gasteiger charge is -2.17. The lowest BCUT2D eigenvalue weighted by atomic mass is 10.1. The third-order valence-electron chi connectivity index (χ3n) is 4.02. The molecule has 1 fully saturated rings. The van der Waals surface area contributed by atoms with Crippen LogP contribution >= 0.6 is 0 Å². The van der Waals surface area contributed by atoms with Crippen molar-refractivity contribution in [1.82, 2.24) is 5.32 Å². The lowest BCUT2D eigenvalue weighted by molar-refractivity contribution is -0.117. The molecule has 0 spiro atoms. The molecule has 0 bridgehead atoms. The topological polar surface area (TPSA) is 61.4 Å². The summed E-state index contributed by atoms with van der Waals surface area (Å²) in [6.45, 7) is 0.716. The molecule has 0 radical (unpaired) electrons. The van der Waals surface area contributed by atoms with Gasteiger partial charge in [-0.05, 0) is 36.4 Å². The zero-order chi connectivity index (χ0) is 17.8. The van der Waals surface area contributed by atoms with Crippen molar-refractivity contribution in [3.05, 3.63) is 60.2 Å². The highest BCUT2D eigenvalue weighted by molar-refractivity contribution is 5.96. The van der Waals surface area contributed by atoms with Crippen molar-refractivity contribution < 1.29 is 18.4 Å². The summed E-state index contributed by atoms with van der Waals surface area (Å²) in [6.07, 6.45) is 0.289. The SMILES string of the molecule is O=C(NC[C@@H]1CC(=O)N(c2ccc(F)cc2)C1)Nc1ccccc1F. The molecular formula is C18H17F2N3O2. The van der Waals surface area contributed by atoms with Crippen LogP contribution in [0.25, 0.3) is 0 Å². The lowest BCUT2D eigenvalue weighted by Crippen LogP contribution is -2.34. The molecule has 2 aromatic carbocycles. The van der Waals surface area contributed by atoms with Gasteiger partial charge in [-0.1, -0.05) is 12.1 Å². The minimum atomic E-state index is -0.530. The van der Waals surface area contributed by atoms with E-state index < -0.39 is 11.8 Å². The standard InChI is InChI=1S/C18H17F2N3O2/c19-13-5-7-14(8-6-13)23-11-12(9-17(23)24)10-21-18(25)22-16-4-2-1-3-15(16)20/h1-8,12H,9-11H2,(H2,21,22,25)/t12-/m0/s1. The number of para-hydroxylation sites is 1. The van der Waals surface area contributed by atoms with Crippen LogP contribution in [-0.4, -0.2) is 25.0 Å². The molecule has 1 atom stereocenters. The average Bonchev–Trinajstić information content (AvgIpc) is 2.97. The molecule has 3 amide bonds. The van der Waals surface area contributed by atoms with E-state index >= 15 is 0 Å². The van der Waals surface area contributed by atoms with Crippen LogP contribution in [0.1, 0.15) is 6.42 Å². The van der Waals surface area contributed by atoms with Crippen LogP contribution < -0.4 is 15.5 Å². The molecule has 1 heterocycles. The molecule has 0 saturated carbocycles. The third-order valence-corrected chi connectivity index (χ3v) is 4.02. The Labute approximate surface area is 143 Å². The van der Waals surface area contributed by atoms with Gasteiger partial charge < -0.3 is 15.5 Å². The highest BCUT2D eigenvalue weighted by Crippen LogP contribution is 2.24. The summed E-state index contributed by atoms with van der Waals surface area (Å²) >= 11 is 0. The fourth-order valence-electron chi connectivity index (χ4n) is 2.75. The minimum absolute atomic E-state index is 0.0658. The third kappa shape index (κ3) is 4.12. The Kier molecular flexibility index (Phi) is 4.92. The van der Waals surface area contributed by atoms with Crippen molar-refractivity contribution in [3.8, 4) is 0 Å². The van der Waals surface area contributed by atoms with Crippen molar-refractivity contribution in [2.24, 2.45) is 5.92 Å². The molecule has 7 heteroatoms. The summed E-state index contributed by atoms with van der Waals surface area (Å²) in [5, 5.41) is 5.08. The largest absolute Gasteiger partial charge is 0.338 e. The van der Waals surface area contributed by atoms with Crippen molar-refractivity contribution in [2.75, 3.05) is 23.3 Å². The fourth-order valence-corrected chi connectivity index (χ4v) is 2.75. The monoisotopic (exact) mass is 345 g/mol. The summed E-state index contributed by atoms with van der Waals surface area (Å²) < 4.78 is 26.5. The Morgan fingerprint density at radius 2 is 1.84 bits per heavy atom. The van der Waals surface area contributed by atoms with Gasteiger partial charge in [0, 0.05) is 31.1 Å². The molecule has 25 heavy (non-hydrogen) atoms. The van der Waals surface area contributed by atoms with Gasteiger partial charge in [0.25, 0.3) is 0 Å². The molecule has 1 aliphatic rings. The molecule has 2 N–H and O–H groups in total. The van der Waals surface area contributed by atoms with E-state index in [1.807, 2.05) is 0 Å². The second-order valence-corrected chi connectivity index (χ2v) is 5.87. The van der Waals surface area contributed by atoms with Crippen molar-refractivity contribution in [2.45, 2.75) is 6.42 Å². The number of amides is 3. The second kappa shape index (κ2) is 7.29. The molecule has 2 aromatic rings. The highest BCUT2D eigenvalue weighted by atomic mass is 19.1. The number of hydrogen-bond acceptors (Lipinski definition) is 2. The predicted octanol–water partition coefficient (Wildman–Crippen LogP) is 3.14. The first kappa shape index (κ1) is 16.9. The summed E-state index contributed by atoms with van der Waals surface area (Å²) in [4.78, 5) is 25.5. The van der Waals surface area contributed by atoms with Crippen molar-refractivity contribution >= 4 is 23.3 Å². The van der Waals surface area contributed by atoms with Crippen molar-refractivity contribution in [1.29, 1.82) is 0 Å². The molecule has 1 saturated heterocycles. The Morgan fingerprint density at radius 1 is 1.12 bits per heavy atom. The Hall–Kier alpha value is -2.96. The first-order valence-corrected chi connectivity index (χ1v) is 7.88. The second-order valence-electron chi connectivity index (χ2n) is 5.87. The van der Waals surface area contributed by atoms with E-state index in [1.165, 1.54) is 30.3 Å². The highest BCUT2D eigenvalue weighted by Gasteiger charge is 2.30. The molecule has 0 aromatic heterocycles. The van der Waals surface area contributed by atoms with Gasteiger partial charge >= 0.3 is 6.03 Å². The maximum absolute atomic E-state index is 13.5. The van der Waals surface area contributed by atoms with E-state index in [4.69, 9.17) is 0 Å². The number of nitrogens with one attached hydrogen (secondary N) is 2. The van der Waals surface area contributed by atoms with Crippen LogP contribution in [0.3, 0.4) is 0 Å². The van der Waals surface area contributed by atoms with Crippen LogP contribution in [0.15, 0.2) is 48.5 Å². The Bertz CT molecular complexity index is 780. The van der Waals surface area contributed by atoms with E-state index in [1.54, 1.807) is 23.1 Å². The fraction of sp³-hybridized carbons (Fsp3) is 0.222. The van der Waals surface area contributed by atoms with Crippen LogP contribution in [-0.2, 0) is 4.79 Å². The molecule has 0 unspecified atom stereocenters. The molecule has 130 valence electrons. The van der Waals surface area contributed by atoms with E-state index in [2.05, 4.69) is 10.6 Å². The smallest absolute Gasteiger partial charge is 0.319 e. The quantitative estimate of drug-likeness (QED) is 0.894. The molecule has 0 aliphatic carbocycles. The number of nitrogens with zero attached hydrogens (tertiary/aromatic N) is 1. The number of anilines is 2. The van der Waals surface area contributed by atoms with Gasteiger partial charge in [0.1, 0.15) is 11.6 Å². The maximum atomic E-state index is 13.5. The predicted molar refractivity (Wildman–Crippen MR) is 90.3 cm³/mol. The van der Waals surface area contributed by atoms with E-state index in [0.29, 0.717) is 12.2 Å². The van der Waals surface area contributed by atoms with Crippen LogP contribution in [0.5, 0.6) is 0 Å². The minimum Gasteiger partial charge on any atom is -0.338 e. The molecule has 1 aliphatic heterocycles. The molecule has 5 nitrogen and oxygen atoms in total. The Balaban J connectivity index is 1.52.